The maximum absolute atomic E-state index is 12.2. The van der Waals surface area contributed by atoms with E-state index in [1.54, 1.807) is 4.52 Å². The van der Waals surface area contributed by atoms with E-state index in [4.69, 9.17) is 9.26 Å². The van der Waals surface area contributed by atoms with Gasteiger partial charge in [-0.1, -0.05) is 36.3 Å². The second-order valence-corrected chi connectivity index (χ2v) is 6.96. The van der Waals surface area contributed by atoms with Crippen molar-refractivity contribution in [3.63, 3.8) is 0 Å². The van der Waals surface area contributed by atoms with Crippen LogP contribution in [-0.4, -0.2) is 35.7 Å². The van der Waals surface area contributed by atoms with Crippen molar-refractivity contribution in [3.05, 3.63) is 59.0 Å². The Hall–Kier alpha value is -3.62. The summed E-state index contributed by atoms with van der Waals surface area (Å²) in [6.45, 7) is 5.87. The molecule has 0 bridgehead atoms. The van der Waals surface area contributed by atoms with Crippen LogP contribution in [0.15, 0.2) is 35.1 Å². The topological polar surface area (TPSA) is 108 Å². The number of fused-ring (bicyclic) bond motifs is 1. The lowest BCUT2D eigenvalue weighted by molar-refractivity contribution is -0.145. The quantitative estimate of drug-likeness (QED) is 0.431. The zero-order valence-electron chi connectivity index (χ0n) is 17.1. The van der Waals surface area contributed by atoms with Crippen molar-refractivity contribution in [1.82, 2.24) is 29.7 Å². The van der Waals surface area contributed by atoms with Gasteiger partial charge in [-0.15, -0.1) is 0 Å². The largest absolute Gasteiger partial charge is 0.456 e. The zero-order valence-corrected chi connectivity index (χ0v) is 17.1. The van der Waals surface area contributed by atoms with Gasteiger partial charge in [-0.05, 0) is 37.8 Å². The molecule has 154 valence electrons. The smallest absolute Gasteiger partial charge is 0.306 e. The number of carbonyl (C=O) groups excluding carboxylic acids is 1. The fraction of sp³-hybridized carbons (Fsp3) is 0.333. The number of aryl methyl sites for hydroxylation is 3. The minimum absolute atomic E-state index is 0.0583. The molecular weight excluding hydrogens is 384 g/mol. The van der Waals surface area contributed by atoms with Crippen LogP contribution in [0.25, 0.3) is 17.2 Å². The molecule has 1 aromatic carbocycles. The molecule has 0 atom stereocenters. The number of carbonyl (C=O) groups is 1. The first-order chi connectivity index (χ1) is 14.5. The monoisotopic (exact) mass is 406 g/mol. The number of hydrogen-bond acceptors (Lipinski definition) is 8. The lowest BCUT2D eigenvalue weighted by atomic mass is 10.1. The van der Waals surface area contributed by atoms with Crippen LogP contribution in [0.2, 0.25) is 0 Å². The molecule has 0 saturated carbocycles. The molecule has 0 saturated heterocycles. The summed E-state index contributed by atoms with van der Waals surface area (Å²) in [5.41, 5.74) is 4.80. The average Bonchev–Trinajstić information content (AvgIpc) is 3.42. The number of esters is 1. The Kier molecular flexibility index (Phi) is 5.51. The number of benzene rings is 1. The third kappa shape index (κ3) is 4.05. The van der Waals surface area contributed by atoms with Crippen molar-refractivity contribution in [2.75, 3.05) is 0 Å². The molecule has 9 nitrogen and oxygen atoms in total. The highest BCUT2D eigenvalue weighted by molar-refractivity contribution is 5.69. The molecule has 0 unspecified atom stereocenters. The van der Waals surface area contributed by atoms with Gasteiger partial charge in [0.05, 0.1) is 0 Å². The zero-order chi connectivity index (χ0) is 21.1. The Morgan fingerprint density at radius 3 is 2.73 bits per heavy atom. The number of aromatic nitrogens is 6. The molecule has 4 rings (SSSR count). The molecule has 0 aliphatic rings. The predicted octanol–water partition coefficient (Wildman–Crippen LogP) is 3.03. The maximum atomic E-state index is 12.2. The summed E-state index contributed by atoms with van der Waals surface area (Å²) in [5, 5.41) is 8.12. The molecule has 0 N–H and O–H groups in total. The van der Waals surface area contributed by atoms with Crippen molar-refractivity contribution in [1.29, 1.82) is 0 Å². The molecule has 3 aromatic heterocycles. The second kappa shape index (κ2) is 8.40. The predicted molar refractivity (Wildman–Crippen MR) is 107 cm³/mol. The molecule has 3 heterocycles. The molecule has 0 fully saturated rings. The number of nitrogens with zero attached hydrogens (tertiary/aromatic N) is 6. The van der Waals surface area contributed by atoms with E-state index in [2.05, 4.69) is 32.1 Å². The maximum Gasteiger partial charge on any atom is 0.306 e. The minimum atomic E-state index is -0.348. The highest BCUT2D eigenvalue weighted by Gasteiger charge is 2.15. The van der Waals surface area contributed by atoms with E-state index in [-0.39, 0.29) is 24.9 Å². The first kappa shape index (κ1) is 19.7. The van der Waals surface area contributed by atoms with Crippen LogP contribution in [0.4, 0.5) is 0 Å². The molecule has 0 amide bonds. The fourth-order valence-electron chi connectivity index (χ4n) is 3.28. The van der Waals surface area contributed by atoms with E-state index >= 15 is 0 Å². The van der Waals surface area contributed by atoms with E-state index in [0.717, 1.165) is 28.9 Å². The van der Waals surface area contributed by atoms with Crippen molar-refractivity contribution in [2.45, 2.75) is 46.6 Å². The van der Waals surface area contributed by atoms with Crippen LogP contribution in [0.5, 0.6) is 0 Å². The fourth-order valence-corrected chi connectivity index (χ4v) is 3.28. The van der Waals surface area contributed by atoms with Gasteiger partial charge in [-0.25, -0.2) is 9.50 Å². The molecule has 30 heavy (non-hydrogen) atoms. The van der Waals surface area contributed by atoms with Crippen molar-refractivity contribution < 1.29 is 14.1 Å². The summed E-state index contributed by atoms with van der Waals surface area (Å²) in [6.07, 6.45) is 3.14. The summed E-state index contributed by atoms with van der Waals surface area (Å²) in [7, 11) is 0. The summed E-state index contributed by atoms with van der Waals surface area (Å²) in [6, 6.07) is 7.95. The van der Waals surface area contributed by atoms with E-state index in [1.165, 1.54) is 11.9 Å². The average molecular weight is 406 g/mol. The van der Waals surface area contributed by atoms with Gasteiger partial charge in [-0.3, -0.25) is 4.79 Å². The second-order valence-electron chi connectivity index (χ2n) is 6.96. The van der Waals surface area contributed by atoms with Gasteiger partial charge in [-0.2, -0.15) is 15.1 Å². The SMILES string of the molecule is CCc1ccc(-c2noc(COC(=O)CCc3c(C)nc4ncnn4c3C)n2)cc1. The van der Waals surface area contributed by atoms with Crippen molar-refractivity contribution in [2.24, 2.45) is 0 Å². The summed E-state index contributed by atoms with van der Waals surface area (Å²) >= 11 is 0. The van der Waals surface area contributed by atoms with Crippen LogP contribution >= 0.6 is 0 Å². The first-order valence-electron chi connectivity index (χ1n) is 9.78. The minimum Gasteiger partial charge on any atom is -0.456 e. The van der Waals surface area contributed by atoms with Gasteiger partial charge < -0.3 is 9.26 Å². The number of rotatable bonds is 7. The van der Waals surface area contributed by atoms with Crippen molar-refractivity contribution >= 4 is 11.7 Å². The standard InChI is InChI=1S/C21H22N6O3/c1-4-15-5-7-16(8-6-15)20-25-18(30-26-20)11-29-19(28)10-9-17-13(2)24-21-22-12-23-27(21)14(17)3/h5-8,12H,4,9-11H2,1-3H3. The van der Waals surface area contributed by atoms with E-state index < -0.39 is 0 Å². The van der Waals surface area contributed by atoms with Gasteiger partial charge in [0.1, 0.15) is 6.33 Å². The summed E-state index contributed by atoms with van der Waals surface area (Å²) < 4.78 is 12.2. The molecule has 9 heteroatoms. The first-order valence-corrected chi connectivity index (χ1v) is 9.78. The van der Waals surface area contributed by atoms with E-state index in [0.29, 0.717) is 18.0 Å². The Morgan fingerprint density at radius 1 is 1.17 bits per heavy atom. The highest BCUT2D eigenvalue weighted by Crippen LogP contribution is 2.18. The lowest BCUT2D eigenvalue weighted by Crippen LogP contribution is -2.10. The molecular formula is C21H22N6O3. The normalized spacial score (nSPS) is 11.2. The lowest BCUT2D eigenvalue weighted by Gasteiger charge is -2.09. The van der Waals surface area contributed by atoms with Crippen LogP contribution in [0.1, 0.15) is 41.8 Å². The molecule has 0 aliphatic heterocycles. The van der Waals surface area contributed by atoms with Crippen molar-refractivity contribution in [3.8, 4) is 11.4 Å². The Labute approximate surface area is 173 Å². The summed E-state index contributed by atoms with van der Waals surface area (Å²) in [5.74, 6) is 0.936. The highest BCUT2D eigenvalue weighted by atomic mass is 16.6. The van der Waals surface area contributed by atoms with Crippen LogP contribution in [-0.2, 0) is 29.0 Å². The van der Waals surface area contributed by atoms with Crippen LogP contribution in [0, 0.1) is 13.8 Å². The third-order valence-corrected chi connectivity index (χ3v) is 5.01. The molecule has 0 aliphatic carbocycles. The Morgan fingerprint density at radius 2 is 1.97 bits per heavy atom. The van der Waals surface area contributed by atoms with Gasteiger partial charge in [0.2, 0.25) is 5.82 Å². The van der Waals surface area contributed by atoms with E-state index in [1.807, 2.05) is 38.1 Å². The molecule has 0 radical (unpaired) electrons. The molecule has 4 aromatic rings. The van der Waals surface area contributed by atoms with Gasteiger partial charge in [0, 0.05) is 23.4 Å². The Balaban J connectivity index is 1.34. The summed E-state index contributed by atoms with van der Waals surface area (Å²) in [4.78, 5) is 25.0. The van der Waals surface area contributed by atoms with Gasteiger partial charge in [0.25, 0.3) is 11.7 Å². The molecule has 0 spiro atoms. The van der Waals surface area contributed by atoms with E-state index in [9.17, 15) is 4.79 Å². The van der Waals surface area contributed by atoms with Crippen LogP contribution < -0.4 is 0 Å². The third-order valence-electron chi connectivity index (χ3n) is 5.01. The Bertz CT molecular complexity index is 1180. The van der Waals surface area contributed by atoms with Gasteiger partial charge >= 0.3 is 5.97 Å². The van der Waals surface area contributed by atoms with Crippen LogP contribution in [0.3, 0.4) is 0 Å². The van der Waals surface area contributed by atoms with Gasteiger partial charge in [0.15, 0.2) is 6.61 Å². The number of hydrogen-bond donors (Lipinski definition) is 0. The number of ether oxygens (including phenoxy) is 1.